The molecule has 1 aliphatic rings. The molecule has 3 nitrogen and oxygen atoms in total. The van der Waals surface area contributed by atoms with Gasteiger partial charge in [-0.3, -0.25) is 9.59 Å². The van der Waals surface area contributed by atoms with Crippen LogP contribution in [0, 0.1) is 0 Å². The van der Waals surface area contributed by atoms with Gasteiger partial charge in [-0.1, -0.05) is 6.07 Å². The molecule has 1 amide bonds. The van der Waals surface area contributed by atoms with E-state index in [1.165, 1.54) is 16.2 Å². The number of hydrogen-bond acceptors (Lipinski definition) is 3. The molecule has 1 aromatic heterocycles. The number of alkyl halides is 1. The van der Waals surface area contributed by atoms with Crippen molar-refractivity contribution in [2.75, 3.05) is 13.1 Å². The zero-order valence-electron chi connectivity index (χ0n) is 7.98. The summed E-state index contributed by atoms with van der Waals surface area (Å²) in [6.45, 7) is 0.228. The minimum Gasteiger partial charge on any atom is -0.334 e. The van der Waals surface area contributed by atoms with Crippen LogP contribution in [0.4, 0.5) is 4.39 Å². The maximum absolute atomic E-state index is 13.1. The topological polar surface area (TPSA) is 37.4 Å². The van der Waals surface area contributed by atoms with Crippen LogP contribution in [-0.4, -0.2) is 35.9 Å². The molecule has 2 rings (SSSR count). The smallest absolute Gasteiger partial charge is 0.264 e. The Balaban J connectivity index is 2.06. The molecule has 0 N–H and O–H groups in total. The number of halogens is 1. The highest BCUT2D eigenvalue weighted by molar-refractivity contribution is 7.12. The number of piperidine rings is 1. The van der Waals surface area contributed by atoms with Crippen molar-refractivity contribution in [3.05, 3.63) is 22.4 Å². The van der Waals surface area contributed by atoms with Crippen LogP contribution in [-0.2, 0) is 4.79 Å². The summed E-state index contributed by atoms with van der Waals surface area (Å²) < 4.78 is 13.1. The molecule has 80 valence electrons. The van der Waals surface area contributed by atoms with Crippen LogP contribution in [0.15, 0.2) is 17.5 Å². The highest BCUT2D eigenvalue weighted by Crippen LogP contribution is 2.16. The van der Waals surface area contributed by atoms with Crippen molar-refractivity contribution < 1.29 is 14.0 Å². The first-order chi connectivity index (χ1) is 7.18. The van der Waals surface area contributed by atoms with Gasteiger partial charge in [0, 0.05) is 13.0 Å². The minimum atomic E-state index is -1.51. The summed E-state index contributed by atoms with van der Waals surface area (Å²) in [5.41, 5.74) is 0. The molecule has 1 aromatic rings. The van der Waals surface area contributed by atoms with E-state index in [2.05, 4.69) is 0 Å². The van der Waals surface area contributed by atoms with E-state index in [1.807, 2.05) is 0 Å². The maximum Gasteiger partial charge on any atom is 0.264 e. The molecule has 1 atom stereocenters. The van der Waals surface area contributed by atoms with Crippen molar-refractivity contribution in [3.63, 3.8) is 0 Å². The molecule has 15 heavy (non-hydrogen) atoms. The fraction of sp³-hybridized carbons (Fsp3) is 0.400. The van der Waals surface area contributed by atoms with Crippen molar-refractivity contribution >= 4 is 23.0 Å². The first-order valence-corrected chi connectivity index (χ1v) is 5.56. The largest absolute Gasteiger partial charge is 0.334 e. The normalized spacial score (nSPS) is 21.8. The molecule has 0 radical (unpaired) electrons. The number of ketones is 1. The quantitative estimate of drug-likeness (QED) is 0.729. The molecule has 0 bridgehead atoms. The third-order valence-electron chi connectivity index (χ3n) is 2.38. The maximum atomic E-state index is 13.1. The van der Waals surface area contributed by atoms with E-state index >= 15 is 0 Å². The molecule has 0 aromatic carbocycles. The number of thiophene rings is 1. The lowest BCUT2D eigenvalue weighted by Crippen LogP contribution is -2.45. The van der Waals surface area contributed by atoms with Crippen molar-refractivity contribution in [3.8, 4) is 0 Å². The van der Waals surface area contributed by atoms with Gasteiger partial charge in [0.15, 0.2) is 12.0 Å². The van der Waals surface area contributed by atoms with Gasteiger partial charge < -0.3 is 4.90 Å². The molecular formula is C10H10FNO2S. The number of amides is 1. The Kier molecular flexibility index (Phi) is 2.81. The fourth-order valence-electron chi connectivity index (χ4n) is 1.53. The number of carbonyl (C=O) groups excluding carboxylic acids is 2. The average molecular weight is 227 g/mol. The van der Waals surface area contributed by atoms with Gasteiger partial charge in [-0.05, 0) is 11.4 Å². The fourth-order valence-corrected chi connectivity index (χ4v) is 2.22. The zero-order valence-corrected chi connectivity index (χ0v) is 8.80. The van der Waals surface area contributed by atoms with E-state index in [0.717, 1.165) is 0 Å². The Bertz CT molecular complexity index is 377. The summed E-state index contributed by atoms with van der Waals surface area (Å²) in [6.07, 6.45) is -1.39. The van der Waals surface area contributed by atoms with E-state index in [1.54, 1.807) is 17.5 Å². The van der Waals surface area contributed by atoms with E-state index in [9.17, 15) is 14.0 Å². The predicted molar refractivity (Wildman–Crippen MR) is 54.7 cm³/mol. The first kappa shape index (κ1) is 10.3. The number of rotatable bonds is 1. The number of hydrogen-bond donors (Lipinski definition) is 0. The second kappa shape index (κ2) is 4.10. The average Bonchev–Trinajstić information content (AvgIpc) is 2.74. The van der Waals surface area contributed by atoms with Crippen LogP contribution >= 0.6 is 11.3 Å². The van der Waals surface area contributed by atoms with Gasteiger partial charge in [-0.2, -0.15) is 0 Å². The lowest BCUT2D eigenvalue weighted by atomic mass is 10.1. The van der Waals surface area contributed by atoms with E-state index in [0.29, 0.717) is 11.4 Å². The first-order valence-electron chi connectivity index (χ1n) is 4.68. The van der Waals surface area contributed by atoms with Crippen LogP contribution in [0.25, 0.3) is 0 Å². The highest BCUT2D eigenvalue weighted by Gasteiger charge is 2.30. The van der Waals surface area contributed by atoms with Crippen molar-refractivity contribution in [2.45, 2.75) is 12.6 Å². The molecule has 0 spiro atoms. The molecule has 1 saturated heterocycles. The Labute approximate surface area is 90.5 Å². The lowest BCUT2D eigenvalue weighted by Gasteiger charge is -2.27. The summed E-state index contributed by atoms with van der Waals surface area (Å²) in [5.74, 6) is -0.578. The Hall–Kier alpha value is -1.23. The predicted octanol–water partition coefficient (Wildman–Crippen LogP) is 1.50. The lowest BCUT2D eigenvalue weighted by molar-refractivity contribution is -0.126. The summed E-state index contributed by atoms with van der Waals surface area (Å²) in [6, 6.07) is 3.48. The SMILES string of the molecule is O=C1CCN(C(=O)c2cccs2)CC1F. The van der Waals surface area contributed by atoms with Crippen LogP contribution in [0.3, 0.4) is 0 Å². The summed E-state index contributed by atoms with van der Waals surface area (Å²) >= 11 is 1.33. The van der Waals surface area contributed by atoms with Crippen LogP contribution in [0.1, 0.15) is 16.1 Å². The highest BCUT2D eigenvalue weighted by atomic mass is 32.1. The van der Waals surface area contributed by atoms with E-state index in [-0.39, 0.29) is 18.9 Å². The van der Waals surface area contributed by atoms with Gasteiger partial charge in [0.05, 0.1) is 11.4 Å². The number of nitrogens with zero attached hydrogens (tertiary/aromatic N) is 1. The van der Waals surface area contributed by atoms with Gasteiger partial charge in [-0.15, -0.1) is 11.3 Å². The molecule has 0 aliphatic carbocycles. The zero-order chi connectivity index (χ0) is 10.8. The van der Waals surface area contributed by atoms with Crippen molar-refractivity contribution in [1.29, 1.82) is 0 Å². The Morgan fingerprint density at radius 2 is 2.40 bits per heavy atom. The monoisotopic (exact) mass is 227 g/mol. The third-order valence-corrected chi connectivity index (χ3v) is 3.24. The second-order valence-corrected chi connectivity index (χ2v) is 4.36. The van der Waals surface area contributed by atoms with Gasteiger partial charge in [0.25, 0.3) is 5.91 Å². The van der Waals surface area contributed by atoms with Crippen molar-refractivity contribution in [1.82, 2.24) is 4.90 Å². The van der Waals surface area contributed by atoms with Crippen LogP contribution < -0.4 is 0 Å². The molecule has 2 heterocycles. The van der Waals surface area contributed by atoms with Gasteiger partial charge >= 0.3 is 0 Å². The van der Waals surface area contributed by atoms with Crippen molar-refractivity contribution in [2.24, 2.45) is 0 Å². The van der Waals surface area contributed by atoms with Gasteiger partial charge in [0.1, 0.15) is 0 Å². The molecule has 1 unspecified atom stereocenters. The van der Waals surface area contributed by atoms with Crippen LogP contribution in [0.5, 0.6) is 0 Å². The van der Waals surface area contributed by atoms with E-state index in [4.69, 9.17) is 0 Å². The second-order valence-electron chi connectivity index (χ2n) is 3.41. The number of likely N-dealkylation sites (tertiary alicyclic amines) is 1. The molecule has 0 saturated carbocycles. The third kappa shape index (κ3) is 2.07. The Morgan fingerprint density at radius 1 is 1.60 bits per heavy atom. The molecular weight excluding hydrogens is 217 g/mol. The molecule has 1 fully saturated rings. The van der Waals surface area contributed by atoms with Gasteiger partial charge in [-0.25, -0.2) is 4.39 Å². The number of Topliss-reactive ketones (excluding diaryl/α,β-unsaturated/α-hetero) is 1. The van der Waals surface area contributed by atoms with E-state index < -0.39 is 12.0 Å². The standard InChI is InChI=1S/C10H10FNO2S/c11-7-6-12(4-3-8(7)13)10(14)9-2-1-5-15-9/h1-2,5,7H,3-4,6H2. The summed E-state index contributed by atoms with van der Waals surface area (Å²) in [4.78, 5) is 24.7. The molecule has 5 heteroatoms. The number of carbonyl (C=O) groups is 2. The Morgan fingerprint density at radius 3 is 3.00 bits per heavy atom. The molecule has 1 aliphatic heterocycles. The summed E-state index contributed by atoms with van der Waals surface area (Å²) in [7, 11) is 0. The van der Waals surface area contributed by atoms with Crippen LogP contribution in [0.2, 0.25) is 0 Å². The van der Waals surface area contributed by atoms with Gasteiger partial charge in [0.2, 0.25) is 0 Å². The summed E-state index contributed by atoms with van der Waals surface area (Å²) in [5, 5.41) is 1.80. The minimum absolute atomic E-state index is 0.102.